The summed E-state index contributed by atoms with van der Waals surface area (Å²) in [7, 11) is 0. The number of thiophene rings is 1. The lowest BCUT2D eigenvalue weighted by atomic mass is 9.88. The molecule has 1 aromatic carbocycles. The van der Waals surface area contributed by atoms with E-state index in [0.29, 0.717) is 37.7 Å². The van der Waals surface area contributed by atoms with Gasteiger partial charge in [0, 0.05) is 49.0 Å². The summed E-state index contributed by atoms with van der Waals surface area (Å²) in [6.07, 6.45) is 0. The van der Waals surface area contributed by atoms with Crippen molar-refractivity contribution in [1.29, 1.82) is 0 Å². The van der Waals surface area contributed by atoms with Crippen molar-refractivity contribution in [3.63, 3.8) is 0 Å². The summed E-state index contributed by atoms with van der Waals surface area (Å²) < 4.78 is 15.6. The lowest BCUT2D eigenvalue weighted by Crippen LogP contribution is -2.53. The average molecular weight is 570 g/mol. The van der Waals surface area contributed by atoms with Gasteiger partial charge in [-0.1, -0.05) is 26.8 Å². The van der Waals surface area contributed by atoms with E-state index in [4.69, 9.17) is 5.10 Å². The van der Waals surface area contributed by atoms with Gasteiger partial charge in [-0.3, -0.25) is 19.3 Å². The fourth-order valence-electron chi connectivity index (χ4n) is 5.01. The summed E-state index contributed by atoms with van der Waals surface area (Å²) >= 11 is 3.17. The van der Waals surface area contributed by atoms with Gasteiger partial charge < -0.3 is 9.80 Å². The van der Waals surface area contributed by atoms with Crippen LogP contribution in [0, 0.1) is 5.82 Å². The molecule has 2 aliphatic heterocycles. The molecule has 0 radical (unpaired) electrons. The molecule has 206 valence electrons. The number of piperazine rings is 1. The van der Waals surface area contributed by atoms with Crippen LogP contribution in [0.5, 0.6) is 0 Å². The van der Waals surface area contributed by atoms with Crippen molar-refractivity contribution in [1.82, 2.24) is 19.6 Å². The van der Waals surface area contributed by atoms with E-state index in [2.05, 4.69) is 26.8 Å². The highest BCUT2D eigenvalue weighted by molar-refractivity contribution is 8.00. The van der Waals surface area contributed by atoms with Gasteiger partial charge in [0.1, 0.15) is 18.2 Å². The normalized spacial score (nSPS) is 18.2. The molecule has 0 saturated carbocycles. The standard InChI is InChI=1S/C28H32FN5O3S2/c1-18(35)31-11-13-32(14-12-31)22(36)16-33-23(37)17-39-25(21-6-5-15-38-21)24-26(28(2,3)4)30-34(27(24)33)20-9-7-19(29)8-10-20/h5-10,15,25H,11-14,16-17H2,1-4H3/t25-/m1/s1. The zero-order chi connectivity index (χ0) is 27.9. The number of rotatable bonds is 4. The molecule has 3 amide bonds. The number of amides is 3. The van der Waals surface area contributed by atoms with E-state index < -0.39 is 0 Å². The molecule has 5 rings (SSSR count). The van der Waals surface area contributed by atoms with E-state index in [1.54, 1.807) is 54.6 Å². The summed E-state index contributed by atoms with van der Waals surface area (Å²) in [5.74, 6) is 0.0174. The quantitative estimate of drug-likeness (QED) is 0.470. The number of carbonyl (C=O) groups excluding carboxylic acids is 3. The maximum atomic E-state index is 13.9. The molecule has 4 heterocycles. The maximum absolute atomic E-state index is 13.9. The third-order valence-corrected chi connectivity index (χ3v) is 9.37. The second kappa shape index (κ2) is 10.8. The molecule has 8 nitrogen and oxygen atoms in total. The van der Waals surface area contributed by atoms with Crippen molar-refractivity contribution in [2.75, 3.05) is 43.4 Å². The Morgan fingerprint density at radius 2 is 1.72 bits per heavy atom. The first-order valence-electron chi connectivity index (χ1n) is 12.9. The van der Waals surface area contributed by atoms with Crippen LogP contribution in [0.15, 0.2) is 41.8 Å². The number of hydrogen-bond acceptors (Lipinski definition) is 6. The second-order valence-electron chi connectivity index (χ2n) is 10.8. The summed E-state index contributed by atoms with van der Waals surface area (Å²) in [5.41, 5.74) is 1.98. The molecule has 2 aliphatic rings. The third-order valence-electron chi connectivity index (χ3n) is 7.04. The number of aromatic nitrogens is 2. The first kappa shape index (κ1) is 27.4. The van der Waals surface area contributed by atoms with E-state index >= 15 is 0 Å². The van der Waals surface area contributed by atoms with Crippen LogP contribution in [-0.2, 0) is 19.8 Å². The van der Waals surface area contributed by atoms with Crippen LogP contribution in [0.2, 0.25) is 0 Å². The zero-order valence-corrected chi connectivity index (χ0v) is 24.1. The first-order chi connectivity index (χ1) is 18.5. The largest absolute Gasteiger partial charge is 0.339 e. The summed E-state index contributed by atoms with van der Waals surface area (Å²) in [5, 5.41) is 6.89. The smallest absolute Gasteiger partial charge is 0.242 e. The van der Waals surface area contributed by atoms with Gasteiger partial charge in [0.25, 0.3) is 0 Å². The van der Waals surface area contributed by atoms with Gasteiger partial charge in [-0.2, -0.15) is 5.10 Å². The topological polar surface area (TPSA) is 78.8 Å². The molecule has 0 aliphatic carbocycles. The Morgan fingerprint density at radius 3 is 2.31 bits per heavy atom. The van der Waals surface area contributed by atoms with Gasteiger partial charge in [-0.05, 0) is 35.7 Å². The van der Waals surface area contributed by atoms with E-state index in [0.717, 1.165) is 16.1 Å². The maximum Gasteiger partial charge on any atom is 0.242 e. The van der Waals surface area contributed by atoms with E-state index in [1.807, 2.05) is 11.4 Å². The minimum absolute atomic E-state index is 0.0102. The molecule has 0 unspecified atom stereocenters. The molecule has 0 N–H and O–H groups in total. The number of thioether (sulfide) groups is 1. The molecule has 11 heteroatoms. The van der Waals surface area contributed by atoms with Crippen LogP contribution in [0.25, 0.3) is 5.69 Å². The number of hydrogen-bond donors (Lipinski definition) is 0. The predicted molar refractivity (Wildman–Crippen MR) is 152 cm³/mol. The molecule has 1 atom stereocenters. The van der Waals surface area contributed by atoms with Crippen molar-refractivity contribution in [3.05, 3.63) is 63.7 Å². The Kier molecular flexibility index (Phi) is 7.56. The third kappa shape index (κ3) is 5.47. The lowest BCUT2D eigenvalue weighted by molar-refractivity contribution is -0.137. The monoisotopic (exact) mass is 569 g/mol. The van der Waals surface area contributed by atoms with Crippen LogP contribution in [0.3, 0.4) is 0 Å². The summed E-state index contributed by atoms with van der Waals surface area (Å²) in [4.78, 5) is 45.1. The number of anilines is 1. The van der Waals surface area contributed by atoms with Crippen LogP contribution in [0.1, 0.15) is 49.1 Å². The SMILES string of the molecule is CC(=O)N1CCN(C(=O)CN2C(=O)CS[C@H](c3cccs3)c3c(C(C)(C)C)nn(-c4ccc(F)cc4)c32)CC1. The Balaban J connectivity index is 1.62. The van der Waals surface area contributed by atoms with E-state index in [9.17, 15) is 18.8 Å². The number of halogens is 1. The molecular weight excluding hydrogens is 537 g/mol. The fourth-order valence-corrected chi connectivity index (χ4v) is 7.18. The van der Waals surface area contributed by atoms with Crippen LogP contribution >= 0.6 is 23.1 Å². The Labute approximate surface area is 235 Å². The zero-order valence-electron chi connectivity index (χ0n) is 22.5. The number of benzene rings is 1. The molecule has 3 aromatic rings. The van der Waals surface area contributed by atoms with Crippen molar-refractivity contribution < 1.29 is 18.8 Å². The van der Waals surface area contributed by atoms with Crippen molar-refractivity contribution >= 4 is 46.6 Å². The second-order valence-corrected chi connectivity index (χ2v) is 12.9. The van der Waals surface area contributed by atoms with Crippen molar-refractivity contribution in [2.24, 2.45) is 0 Å². The number of nitrogens with zero attached hydrogens (tertiary/aromatic N) is 5. The lowest BCUT2D eigenvalue weighted by Gasteiger charge is -2.35. The molecule has 0 spiro atoms. The van der Waals surface area contributed by atoms with Crippen molar-refractivity contribution in [3.8, 4) is 5.69 Å². The predicted octanol–water partition coefficient (Wildman–Crippen LogP) is 4.23. The molecular formula is C28H32FN5O3S2. The van der Waals surface area contributed by atoms with Gasteiger partial charge in [-0.15, -0.1) is 23.1 Å². The van der Waals surface area contributed by atoms with E-state index in [1.165, 1.54) is 19.1 Å². The minimum atomic E-state index is -0.368. The first-order valence-corrected chi connectivity index (χ1v) is 14.9. The van der Waals surface area contributed by atoms with Crippen molar-refractivity contribution in [2.45, 2.75) is 38.4 Å². The molecule has 0 bridgehead atoms. The fraction of sp³-hybridized carbons (Fsp3) is 0.429. The highest BCUT2D eigenvalue weighted by Gasteiger charge is 2.40. The van der Waals surface area contributed by atoms with Gasteiger partial charge in [0.15, 0.2) is 0 Å². The Bertz CT molecular complexity index is 1370. The summed E-state index contributed by atoms with van der Waals surface area (Å²) in [6, 6.07) is 10.1. The Morgan fingerprint density at radius 1 is 1.05 bits per heavy atom. The van der Waals surface area contributed by atoms with Gasteiger partial charge in [-0.25, -0.2) is 9.07 Å². The molecule has 39 heavy (non-hydrogen) atoms. The minimum Gasteiger partial charge on any atom is -0.339 e. The molecule has 2 aromatic heterocycles. The van der Waals surface area contributed by atoms with E-state index in [-0.39, 0.29) is 46.5 Å². The number of carbonyl (C=O) groups is 3. The highest BCUT2D eigenvalue weighted by Crippen LogP contribution is 2.49. The highest BCUT2D eigenvalue weighted by atomic mass is 32.2. The van der Waals surface area contributed by atoms with Crippen LogP contribution in [-0.4, -0.2) is 75.8 Å². The summed E-state index contributed by atoms with van der Waals surface area (Å²) in [6.45, 7) is 9.41. The molecule has 1 fully saturated rings. The molecule has 1 saturated heterocycles. The van der Waals surface area contributed by atoms with Gasteiger partial charge in [0.2, 0.25) is 17.7 Å². The average Bonchev–Trinajstić information content (AvgIpc) is 3.54. The Hall–Kier alpha value is -3.18. The van der Waals surface area contributed by atoms with Gasteiger partial charge >= 0.3 is 0 Å². The van der Waals surface area contributed by atoms with Crippen LogP contribution < -0.4 is 4.90 Å². The van der Waals surface area contributed by atoms with Crippen LogP contribution in [0.4, 0.5) is 10.2 Å². The number of fused-ring (bicyclic) bond motifs is 1. The van der Waals surface area contributed by atoms with Gasteiger partial charge in [0.05, 0.1) is 22.4 Å².